The van der Waals surface area contributed by atoms with E-state index in [1.54, 1.807) is 12.1 Å². The fourth-order valence-corrected chi connectivity index (χ4v) is 4.46. The predicted octanol–water partition coefficient (Wildman–Crippen LogP) is 9.87. The maximum absolute atomic E-state index is 12.6. The minimum absolute atomic E-state index is 0.160. The van der Waals surface area contributed by atoms with Crippen molar-refractivity contribution in [3.05, 3.63) is 136 Å². The summed E-state index contributed by atoms with van der Waals surface area (Å²) < 4.78 is 5.40. The molecule has 0 unspecified atom stereocenters. The number of ether oxygens (including phenoxy) is 1. The molecule has 5 rings (SSSR count). The fraction of sp³-hybridized carbons (Fsp3) is 0. The van der Waals surface area contributed by atoms with Crippen LogP contribution in [0, 0.1) is 0 Å². The summed E-state index contributed by atoms with van der Waals surface area (Å²) in [5, 5.41) is 0.764. The van der Waals surface area contributed by atoms with Gasteiger partial charge in [-0.05, 0) is 51.6 Å². The summed E-state index contributed by atoms with van der Waals surface area (Å²) in [6.07, 6.45) is 0. The highest BCUT2D eigenvalue weighted by atomic mass is 35.5. The molecule has 0 atom stereocenters. The first-order chi connectivity index (χ1) is 17.5. The molecule has 2 nitrogen and oxygen atoms in total. The molecule has 5 aromatic carbocycles. The standard InChI is InChI=1S/C31H19Cl3O2/c32-27-18-29(34)30(19-28(27)33)36-31(35)26-16-14-25(15-17-26)24-12-10-23(11-13-24)22-8-6-21(7-9-22)20-4-2-1-3-5-20/h1-19H. The summed E-state index contributed by atoms with van der Waals surface area (Å²) in [5.41, 5.74) is 7.12. The van der Waals surface area contributed by atoms with E-state index in [4.69, 9.17) is 39.5 Å². The van der Waals surface area contributed by atoms with Crippen LogP contribution in [-0.2, 0) is 0 Å². The lowest BCUT2D eigenvalue weighted by molar-refractivity contribution is 0.0735. The van der Waals surface area contributed by atoms with Gasteiger partial charge in [0.25, 0.3) is 0 Å². The number of halogens is 3. The summed E-state index contributed by atoms with van der Waals surface area (Å²) in [6, 6.07) is 37.3. The molecule has 0 saturated heterocycles. The Morgan fingerprint density at radius 3 is 1.33 bits per heavy atom. The molecule has 0 bridgehead atoms. The zero-order valence-electron chi connectivity index (χ0n) is 18.9. The van der Waals surface area contributed by atoms with Crippen molar-refractivity contribution in [1.29, 1.82) is 0 Å². The molecule has 0 N–H and O–H groups in total. The molecule has 5 heteroatoms. The second-order valence-electron chi connectivity index (χ2n) is 8.18. The number of esters is 1. The first kappa shape index (κ1) is 24.1. The van der Waals surface area contributed by atoms with Crippen molar-refractivity contribution in [2.75, 3.05) is 0 Å². The number of hydrogen-bond donors (Lipinski definition) is 0. The van der Waals surface area contributed by atoms with Crippen LogP contribution in [0.25, 0.3) is 33.4 Å². The highest BCUT2D eigenvalue weighted by Gasteiger charge is 2.14. The SMILES string of the molecule is O=C(Oc1cc(Cl)c(Cl)cc1Cl)c1ccc(-c2ccc(-c3ccc(-c4ccccc4)cc3)cc2)cc1. The van der Waals surface area contributed by atoms with Crippen LogP contribution >= 0.6 is 34.8 Å². The minimum Gasteiger partial charge on any atom is -0.421 e. The van der Waals surface area contributed by atoms with Gasteiger partial charge < -0.3 is 4.74 Å². The van der Waals surface area contributed by atoms with Crippen molar-refractivity contribution in [2.24, 2.45) is 0 Å². The lowest BCUT2D eigenvalue weighted by Gasteiger charge is -2.09. The molecule has 0 saturated carbocycles. The van der Waals surface area contributed by atoms with Crippen LogP contribution in [0.5, 0.6) is 5.75 Å². The van der Waals surface area contributed by atoms with Gasteiger partial charge in [0.2, 0.25) is 0 Å². The summed E-state index contributed by atoms with van der Waals surface area (Å²) in [4.78, 5) is 12.6. The Hall–Kier alpha value is -3.56. The van der Waals surface area contributed by atoms with Crippen molar-refractivity contribution in [1.82, 2.24) is 0 Å². The molecule has 0 amide bonds. The third-order valence-electron chi connectivity index (χ3n) is 5.84. The van der Waals surface area contributed by atoms with Gasteiger partial charge >= 0.3 is 5.97 Å². The predicted molar refractivity (Wildman–Crippen MR) is 149 cm³/mol. The largest absolute Gasteiger partial charge is 0.421 e. The van der Waals surface area contributed by atoms with Gasteiger partial charge in [0.15, 0.2) is 5.75 Å². The van der Waals surface area contributed by atoms with E-state index < -0.39 is 5.97 Å². The average molecular weight is 530 g/mol. The number of hydrogen-bond acceptors (Lipinski definition) is 2. The Labute approximate surface area is 224 Å². The van der Waals surface area contributed by atoms with E-state index >= 15 is 0 Å². The van der Waals surface area contributed by atoms with Crippen LogP contribution in [0.4, 0.5) is 0 Å². The van der Waals surface area contributed by atoms with Crippen LogP contribution in [0.1, 0.15) is 10.4 Å². The average Bonchev–Trinajstić information content (AvgIpc) is 2.92. The van der Waals surface area contributed by atoms with Crippen LogP contribution < -0.4 is 4.74 Å². The van der Waals surface area contributed by atoms with Crippen LogP contribution in [0.15, 0.2) is 115 Å². The van der Waals surface area contributed by atoms with Gasteiger partial charge in [0, 0.05) is 6.07 Å². The highest BCUT2D eigenvalue weighted by molar-refractivity contribution is 6.43. The second-order valence-corrected chi connectivity index (χ2v) is 9.41. The highest BCUT2D eigenvalue weighted by Crippen LogP contribution is 2.34. The molecular formula is C31H19Cl3O2. The van der Waals surface area contributed by atoms with Crippen molar-refractivity contribution >= 4 is 40.8 Å². The van der Waals surface area contributed by atoms with Gasteiger partial charge in [0.1, 0.15) is 0 Å². The molecule has 0 aliphatic heterocycles. The maximum atomic E-state index is 12.6. The van der Waals surface area contributed by atoms with E-state index in [1.807, 2.05) is 30.3 Å². The number of benzene rings is 5. The maximum Gasteiger partial charge on any atom is 0.343 e. The third-order valence-corrected chi connectivity index (χ3v) is 6.86. The molecule has 5 aromatic rings. The smallest absolute Gasteiger partial charge is 0.343 e. The molecule has 0 aromatic heterocycles. The Bertz CT molecular complexity index is 1510. The van der Waals surface area contributed by atoms with E-state index in [-0.39, 0.29) is 15.8 Å². The minimum atomic E-state index is -0.531. The topological polar surface area (TPSA) is 26.3 Å². The molecule has 0 fully saturated rings. The molecule has 176 valence electrons. The molecule has 0 radical (unpaired) electrons. The Kier molecular flexibility index (Phi) is 7.11. The summed E-state index contributed by atoms with van der Waals surface area (Å²) in [6.45, 7) is 0. The first-order valence-electron chi connectivity index (χ1n) is 11.2. The van der Waals surface area contributed by atoms with E-state index in [1.165, 1.54) is 23.3 Å². The van der Waals surface area contributed by atoms with Gasteiger partial charge in [-0.2, -0.15) is 0 Å². The summed E-state index contributed by atoms with van der Waals surface area (Å²) >= 11 is 18.0. The molecule has 0 aliphatic carbocycles. The van der Waals surface area contributed by atoms with E-state index in [9.17, 15) is 4.79 Å². The first-order valence-corrected chi connectivity index (χ1v) is 12.3. The molecule has 36 heavy (non-hydrogen) atoms. The lowest BCUT2D eigenvalue weighted by Crippen LogP contribution is -2.08. The zero-order valence-corrected chi connectivity index (χ0v) is 21.2. The van der Waals surface area contributed by atoms with Crippen molar-refractivity contribution < 1.29 is 9.53 Å². The van der Waals surface area contributed by atoms with Gasteiger partial charge in [-0.3, -0.25) is 0 Å². The normalized spacial score (nSPS) is 10.8. The van der Waals surface area contributed by atoms with E-state index in [0.717, 1.165) is 22.3 Å². The summed E-state index contributed by atoms with van der Waals surface area (Å²) in [7, 11) is 0. The lowest BCUT2D eigenvalue weighted by atomic mass is 9.98. The fourth-order valence-electron chi connectivity index (χ4n) is 3.88. The number of carbonyl (C=O) groups excluding carboxylic acids is 1. The molecule has 0 aliphatic rings. The Balaban J connectivity index is 1.28. The molecule has 0 heterocycles. The van der Waals surface area contributed by atoms with Crippen molar-refractivity contribution in [3.63, 3.8) is 0 Å². The van der Waals surface area contributed by atoms with Crippen LogP contribution in [-0.4, -0.2) is 5.97 Å². The molecule has 0 spiro atoms. The van der Waals surface area contributed by atoms with Gasteiger partial charge in [0.05, 0.1) is 20.6 Å². The van der Waals surface area contributed by atoms with Crippen molar-refractivity contribution in [3.8, 4) is 39.1 Å². The van der Waals surface area contributed by atoms with Gasteiger partial charge in [-0.15, -0.1) is 0 Å². The monoisotopic (exact) mass is 528 g/mol. The van der Waals surface area contributed by atoms with E-state index in [0.29, 0.717) is 10.6 Å². The van der Waals surface area contributed by atoms with Gasteiger partial charge in [-0.1, -0.05) is 126 Å². The Morgan fingerprint density at radius 1 is 0.472 bits per heavy atom. The quantitative estimate of drug-likeness (QED) is 0.129. The second kappa shape index (κ2) is 10.6. The molecular weight excluding hydrogens is 511 g/mol. The third kappa shape index (κ3) is 5.32. The number of carbonyl (C=O) groups is 1. The number of rotatable bonds is 5. The Morgan fingerprint density at radius 2 is 0.861 bits per heavy atom. The van der Waals surface area contributed by atoms with Gasteiger partial charge in [-0.25, -0.2) is 4.79 Å². The van der Waals surface area contributed by atoms with Crippen molar-refractivity contribution in [2.45, 2.75) is 0 Å². The van der Waals surface area contributed by atoms with E-state index in [2.05, 4.69) is 60.7 Å². The zero-order chi connectivity index (χ0) is 25.1. The summed E-state index contributed by atoms with van der Waals surface area (Å²) in [5.74, 6) is -0.372. The van der Waals surface area contributed by atoms with Crippen LogP contribution in [0.3, 0.4) is 0 Å². The van der Waals surface area contributed by atoms with Crippen LogP contribution in [0.2, 0.25) is 15.1 Å².